The maximum absolute atomic E-state index is 13.4. The van der Waals surface area contributed by atoms with Crippen LogP contribution in [-0.4, -0.2) is 47.0 Å². The molecule has 0 aliphatic carbocycles. The van der Waals surface area contributed by atoms with Crippen molar-refractivity contribution < 1.29 is 60.7 Å². The Balaban J connectivity index is 4.74. The minimum atomic E-state index is -6.65. The number of rotatable bonds is 14. The molecule has 0 fully saturated rings. The summed E-state index contributed by atoms with van der Waals surface area (Å²) >= 11 is 0. The molecular formula is C26H36N3O13P3. The monoisotopic (exact) mass is 691 g/mol. The van der Waals surface area contributed by atoms with Gasteiger partial charge in [-0.15, -0.1) is 0 Å². The second-order valence-corrected chi connectivity index (χ2v) is 16.8. The molecule has 1 N–H and O–H groups in total. The molecule has 248 valence electrons. The van der Waals surface area contributed by atoms with Gasteiger partial charge in [-0.2, -0.15) is 0 Å². The van der Waals surface area contributed by atoms with Gasteiger partial charge in [0.1, 0.15) is 0 Å². The quantitative estimate of drug-likeness (QED) is 0.168. The van der Waals surface area contributed by atoms with Gasteiger partial charge in [-0.05, 0) is 0 Å². The topological polar surface area (TPSA) is 195 Å². The second kappa shape index (κ2) is 14.0. The third-order valence-corrected chi connectivity index (χ3v) is 14.0. The van der Waals surface area contributed by atoms with Gasteiger partial charge in [0.2, 0.25) is 0 Å². The van der Waals surface area contributed by atoms with E-state index in [1.54, 1.807) is 0 Å². The molecule has 1 aliphatic heterocycles. The summed E-state index contributed by atoms with van der Waals surface area (Å²) in [6.07, 6.45) is 0. The van der Waals surface area contributed by atoms with Gasteiger partial charge < -0.3 is 0 Å². The van der Waals surface area contributed by atoms with Crippen LogP contribution in [0.15, 0.2) is 77.4 Å². The Morgan fingerprint density at radius 1 is 0.578 bits per heavy atom. The second-order valence-electron chi connectivity index (χ2n) is 9.59. The Labute approximate surface area is 262 Å². The van der Waals surface area contributed by atoms with Crippen molar-refractivity contribution in [3.8, 4) is 0 Å². The molecule has 1 heterocycles. The number of nitrogens with zero attached hydrogens (tertiary/aromatic N) is 2. The molecule has 0 atom stereocenters. The number of carbonyl (C=O) groups is 6. The fourth-order valence-electron chi connectivity index (χ4n) is 2.49. The van der Waals surface area contributed by atoms with Gasteiger partial charge in [-0.1, -0.05) is 0 Å². The van der Waals surface area contributed by atoms with Crippen molar-refractivity contribution in [3.05, 3.63) is 72.9 Å². The Hall–Kier alpha value is -3.90. The molecule has 0 saturated carbocycles. The van der Waals surface area contributed by atoms with Crippen LogP contribution in [0.5, 0.6) is 0 Å². The Morgan fingerprint density at radius 2 is 0.844 bits per heavy atom. The van der Waals surface area contributed by atoms with Gasteiger partial charge in [0, 0.05) is 0 Å². The molecular weight excluding hydrogens is 655 g/mol. The predicted molar refractivity (Wildman–Crippen MR) is 165 cm³/mol. The van der Waals surface area contributed by atoms with Crippen molar-refractivity contribution in [1.29, 1.82) is 0 Å². The van der Waals surface area contributed by atoms with E-state index in [0.717, 1.165) is 0 Å². The van der Waals surface area contributed by atoms with Crippen LogP contribution in [0.3, 0.4) is 0 Å². The Kier molecular flexibility index (Phi) is 12.2. The predicted octanol–water partition coefficient (Wildman–Crippen LogP) is 5.86. The molecule has 0 aromatic carbocycles. The number of hydrogen-bond donors (Lipinski definition) is 1. The average Bonchev–Trinajstić information content (AvgIpc) is 2.90. The molecule has 0 saturated heterocycles. The van der Waals surface area contributed by atoms with E-state index < -0.39 is 59.5 Å². The fraction of sp³-hybridized carbons (Fsp3) is 0.308. The van der Waals surface area contributed by atoms with Crippen molar-refractivity contribution >= 4 is 59.5 Å². The third kappa shape index (κ3) is 8.64. The molecule has 16 nitrogen and oxygen atoms in total. The molecule has 1 aliphatic rings. The van der Waals surface area contributed by atoms with Crippen molar-refractivity contribution in [2.24, 2.45) is 4.52 Å². The van der Waals surface area contributed by atoms with Gasteiger partial charge in [0.15, 0.2) is 0 Å². The first-order chi connectivity index (χ1) is 20.5. The van der Waals surface area contributed by atoms with E-state index in [0.29, 0.717) is 4.60 Å². The molecule has 45 heavy (non-hydrogen) atoms. The Morgan fingerprint density at radius 3 is 1.09 bits per heavy atom. The maximum atomic E-state index is 13.4. The fourth-order valence-corrected chi connectivity index (χ4v) is 13.0. The van der Waals surface area contributed by atoms with Crippen LogP contribution in [-0.2, 0) is 60.7 Å². The van der Waals surface area contributed by atoms with E-state index in [9.17, 15) is 28.8 Å². The summed E-state index contributed by atoms with van der Waals surface area (Å²) in [6, 6.07) is 0. The normalized spacial score (nSPS) is 19.1. The van der Waals surface area contributed by atoms with Crippen LogP contribution in [0.2, 0.25) is 0 Å². The molecule has 0 unspecified atom stereocenters. The van der Waals surface area contributed by atoms with Crippen LogP contribution in [0.25, 0.3) is 0 Å². The van der Waals surface area contributed by atoms with Crippen molar-refractivity contribution in [3.63, 3.8) is 0 Å². The zero-order chi connectivity index (χ0) is 35.2. The summed E-state index contributed by atoms with van der Waals surface area (Å²) < 4.78 is 38.2. The van der Waals surface area contributed by atoms with Crippen molar-refractivity contribution in [2.45, 2.75) is 48.5 Å². The summed E-state index contributed by atoms with van der Waals surface area (Å²) in [5, 5.41) is 0. The molecule has 19 heteroatoms. The Bertz CT molecular complexity index is 1340. The third-order valence-electron chi connectivity index (χ3n) is 4.70. The first kappa shape index (κ1) is 39.1. The van der Waals surface area contributed by atoms with Crippen LogP contribution >= 0.6 is 23.7 Å². The zero-order valence-corrected chi connectivity index (χ0v) is 28.7. The van der Waals surface area contributed by atoms with Crippen molar-refractivity contribution in [1.82, 2.24) is 9.46 Å². The summed E-state index contributed by atoms with van der Waals surface area (Å²) in [5.74, 6) is -8.38. The molecule has 1 rings (SSSR count). The zero-order valence-electron chi connectivity index (χ0n) is 26.0. The van der Waals surface area contributed by atoms with Crippen LogP contribution in [0.1, 0.15) is 48.5 Å². The number of nitrogens with one attached hydrogen (secondary N) is 1. The van der Waals surface area contributed by atoms with Gasteiger partial charge in [0.25, 0.3) is 0 Å². The molecule has 0 radical (unpaired) electrons. The molecule has 0 aromatic rings. The van der Waals surface area contributed by atoms with Crippen LogP contribution < -0.4 is 4.86 Å². The molecule has 0 amide bonds. The van der Waals surface area contributed by atoms with E-state index >= 15 is 0 Å². The summed E-state index contributed by atoms with van der Waals surface area (Å²) in [5.41, 5.74) is -2.12. The first-order valence-corrected chi connectivity index (χ1v) is 17.3. The minimum absolute atomic E-state index is 0.305. The van der Waals surface area contributed by atoms with Crippen LogP contribution in [0.4, 0.5) is 0 Å². The summed E-state index contributed by atoms with van der Waals surface area (Å²) in [7, 11) is -14.0. The van der Waals surface area contributed by atoms with Gasteiger partial charge in [-0.3, -0.25) is 0 Å². The number of carbonyl (C=O) groups excluding carboxylic acids is 6. The van der Waals surface area contributed by atoms with E-state index in [-0.39, 0.29) is 40.0 Å². The van der Waals surface area contributed by atoms with E-state index in [4.69, 9.17) is 32.0 Å². The van der Waals surface area contributed by atoms with Gasteiger partial charge in [0.05, 0.1) is 0 Å². The average molecular weight is 692 g/mol. The van der Waals surface area contributed by atoms with E-state index in [1.165, 1.54) is 48.5 Å². The van der Waals surface area contributed by atoms with E-state index in [1.807, 2.05) is 0 Å². The SMILES string of the molecule is C=C(C)C(=O)OP1(OC(=O)C(=C)C)(OC(=O)C(=C)C)N=PN(OCC)P(OC(=O)C(=C)C)(OC(=O)C(=C)C)(OC(=O)C(=C)C)N1. The molecule has 0 bridgehead atoms. The summed E-state index contributed by atoms with van der Waals surface area (Å²) in [4.78, 5) is 87.6. The molecule has 0 aromatic heterocycles. The van der Waals surface area contributed by atoms with Gasteiger partial charge in [-0.25, -0.2) is 0 Å². The van der Waals surface area contributed by atoms with Crippen molar-refractivity contribution in [2.75, 3.05) is 6.61 Å². The number of hydrogen-bond acceptors (Lipinski definition) is 16. The molecule has 0 spiro atoms. The van der Waals surface area contributed by atoms with E-state index in [2.05, 4.69) is 48.8 Å². The summed E-state index contributed by atoms with van der Waals surface area (Å²) in [6.45, 7) is 29.0. The standard InChI is InChI=1S/C26H36N3O13P3/c1-14-36-29-43-27-44(37-21(30)15(2)3,38-22(31)16(4)5,39-23(32)17(6)7)28-45(29,40-24(33)18(8)9,41-25(34)19(10)11)42-26(35)20(12)13/h28H,2,4,6,8,10,12,14H2,1,3,5,7,9,11,13H3. The van der Waals surface area contributed by atoms with Crippen LogP contribution in [0, 0.1) is 0 Å². The first-order valence-electron chi connectivity index (χ1n) is 12.6. The van der Waals surface area contributed by atoms with Gasteiger partial charge >= 0.3 is 262 Å².